The van der Waals surface area contributed by atoms with Crippen LogP contribution in [0.4, 0.5) is 0 Å². The summed E-state index contributed by atoms with van der Waals surface area (Å²) in [6, 6.07) is 21.9. The van der Waals surface area contributed by atoms with Crippen LogP contribution in [0.25, 0.3) is 0 Å². The summed E-state index contributed by atoms with van der Waals surface area (Å²) in [6.45, 7) is -0.430. The minimum absolute atomic E-state index is 0.0360. The first-order valence-electron chi connectivity index (χ1n) is 12.0. The average Bonchev–Trinajstić information content (AvgIpc) is 3.47. The molecule has 3 heterocycles. The fourth-order valence-electron chi connectivity index (χ4n) is 4.62. The fourth-order valence-corrected chi connectivity index (χ4v) is 6.05. The predicted octanol–water partition coefficient (Wildman–Crippen LogP) is 2.78. The molecule has 1 aromatic heterocycles. The van der Waals surface area contributed by atoms with E-state index in [1.807, 2.05) is 60.7 Å². The number of hydrogen-bond donors (Lipinski definition) is 2. The highest BCUT2D eigenvalue weighted by Crippen LogP contribution is 2.47. The van der Waals surface area contributed by atoms with E-state index in [2.05, 4.69) is 5.32 Å². The van der Waals surface area contributed by atoms with E-state index in [9.17, 15) is 19.5 Å². The molecule has 2 amide bonds. The lowest BCUT2D eigenvalue weighted by atomic mass is 9.97. The van der Waals surface area contributed by atoms with Crippen molar-refractivity contribution in [3.63, 3.8) is 0 Å². The molecule has 5 rings (SSSR count). The van der Waals surface area contributed by atoms with Crippen molar-refractivity contribution in [2.75, 3.05) is 19.5 Å². The van der Waals surface area contributed by atoms with E-state index in [4.69, 9.17) is 13.9 Å². The second-order valence-electron chi connectivity index (χ2n) is 8.80. The number of esters is 1. The molecule has 0 saturated carbocycles. The van der Waals surface area contributed by atoms with Gasteiger partial charge < -0.3 is 24.3 Å². The smallest absolute Gasteiger partial charge is 0.356 e. The van der Waals surface area contributed by atoms with Crippen LogP contribution in [0, 0.1) is 0 Å². The number of hydrogen-bond acceptors (Lipinski definition) is 8. The van der Waals surface area contributed by atoms with Crippen LogP contribution in [-0.2, 0) is 30.3 Å². The number of amides is 2. The molecule has 0 aliphatic carbocycles. The maximum Gasteiger partial charge on any atom is 0.356 e. The topological polar surface area (TPSA) is 118 Å². The molecule has 1 fully saturated rings. The van der Waals surface area contributed by atoms with Crippen LogP contribution >= 0.6 is 11.8 Å². The summed E-state index contributed by atoms with van der Waals surface area (Å²) in [7, 11) is 1.33. The van der Waals surface area contributed by atoms with Gasteiger partial charge in [-0.1, -0.05) is 60.7 Å². The number of fused-ring (bicyclic) bond motifs is 1. The Morgan fingerprint density at radius 2 is 1.76 bits per heavy atom. The molecule has 9 nitrogen and oxygen atoms in total. The van der Waals surface area contributed by atoms with Crippen molar-refractivity contribution in [1.29, 1.82) is 0 Å². The Kier molecular flexibility index (Phi) is 7.37. The van der Waals surface area contributed by atoms with E-state index in [-0.39, 0.29) is 17.9 Å². The Morgan fingerprint density at radius 1 is 1.11 bits per heavy atom. The molecule has 2 aliphatic rings. The SMILES string of the molecule is CO[C@@]1(NC(=O)Cc2ccco2)C(=O)N2C(C(=O)OC(c3ccccc3)c3ccccc3)=C(CO)CS[C@@H]21. The largest absolute Gasteiger partial charge is 0.469 e. The van der Waals surface area contributed by atoms with Crippen molar-refractivity contribution in [1.82, 2.24) is 10.2 Å². The lowest BCUT2D eigenvalue weighted by Crippen LogP contribution is -2.80. The average molecular weight is 535 g/mol. The summed E-state index contributed by atoms with van der Waals surface area (Å²) in [6.07, 6.45) is 0.645. The molecule has 1 saturated heterocycles. The standard InChI is InChI=1S/C28H26N2O7S/c1-35-28(29-22(32)15-21-13-8-14-36-21)26(34)30-23(20(16-31)17-38-27(28)30)25(33)37-24(18-9-4-2-5-10-18)19-11-6-3-7-12-19/h2-14,24,27,31H,15-17H2,1H3,(H,29,32)/t27-,28+/m1/s1. The minimum atomic E-state index is -1.67. The van der Waals surface area contributed by atoms with Crippen LogP contribution in [0.2, 0.25) is 0 Å². The number of β-lactam (4-membered cyclic amide) rings is 1. The number of furan rings is 1. The third-order valence-corrected chi connectivity index (χ3v) is 7.86. The van der Waals surface area contributed by atoms with Gasteiger partial charge in [0.05, 0.1) is 19.3 Å². The van der Waals surface area contributed by atoms with Gasteiger partial charge in [-0.3, -0.25) is 14.5 Å². The Bertz CT molecular complexity index is 1300. The van der Waals surface area contributed by atoms with Gasteiger partial charge in [0.15, 0.2) is 6.10 Å². The number of nitrogens with one attached hydrogen (secondary N) is 1. The molecule has 0 bridgehead atoms. The molecule has 0 radical (unpaired) electrons. The van der Waals surface area contributed by atoms with Gasteiger partial charge in [0.1, 0.15) is 16.8 Å². The third-order valence-electron chi connectivity index (χ3n) is 6.49. The quantitative estimate of drug-likeness (QED) is 0.245. The van der Waals surface area contributed by atoms with E-state index in [0.717, 1.165) is 11.1 Å². The highest BCUT2D eigenvalue weighted by Gasteiger charge is 2.66. The molecule has 10 heteroatoms. The summed E-state index contributed by atoms with van der Waals surface area (Å²) >= 11 is 1.28. The van der Waals surface area contributed by atoms with Crippen molar-refractivity contribution in [2.24, 2.45) is 0 Å². The highest BCUT2D eigenvalue weighted by molar-refractivity contribution is 8.00. The zero-order chi connectivity index (χ0) is 26.7. The summed E-state index contributed by atoms with van der Waals surface area (Å²) in [5.74, 6) is -1.16. The van der Waals surface area contributed by atoms with Crippen LogP contribution < -0.4 is 5.32 Å². The lowest BCUT2D eigenvalue weighted by molar-refractivity contribution is -0.193. The number of carbonyl (C=O) groups is 3. The Labute approximate surface area is 223 Å². The van der Waals surface area contributed by atoms with E-state index in [1.54, 1.807) is 12.1 Å². The van der Waals surface area contributed by atoms with Crippen LogP contribution in [-0.4, -0.2) is 58.4 Å². The number of carbonyl (C=O) groups excluding carboxylic acids is 3. The summed E-state index contributed by atoms with van der Waals surface area (Å²) < 4.78 is 16.8. The number of aliphatic hydroxyl groups excluding tert-OH is 1. The van der Waals surface area contributed by atoms with Gasteiger partial charge in [-0.15, -0.1) is 11.8 Å². The third kappa shape index (κ3) is 4.62. The van der Waals surface area contributed by atoms with Crippen LogP contribution in [0.5, 0.6) is 0 Å². The minimum Gasteiger partial charge on any atom is -0.469 e. The molecule has 3 aromatic rings. The normalized spacial score (nSPS) is 20.7. The number of ether oxygens (including phenoxy) is 2. The van der Waals surface area contributed by atoms with E-state index < -0.39 is 41.6 Å². The lowest BCUT2D eigenvalue weighted by Gasteiger charge is -2.56. The van der Waals surface area contributed by atoms with Crippen LogP contribution in [0.3, 0.4) is 0 Å². The predicted molar refractivity (Wildman–Crippen MR) is 138 cm³/mol. The fraction of sp³-hybridized carbons (Fsp3) is 0.250. The summed E-state index contributed by atoms with van der Waals surface area (Å²) in [4.78, 5) is 41.1. The first-order valence-corrected chi connectivity index (χ1v) is 13.0. The van der Waals surface area contributed by atoms with Crippen molar-refractivity contribution < 1.29 is 33.4 Å². The molecule has 0 unspecified atom stereocenters. The van der Waals surface area contributed by atoms with Gasteiger partial charge in [0.2, 0.25) is 5.91 Å². The molecule has 2 aromatic carbocycles. The van der Waals surface area contributed by atoms with Crippen molar-refractivity contribution >= 4 is 29.5 Å². The van der Waals surface area contributed by atoms with E-state index in [1.165, 1.54) is 30.0 Å². The number of thioether (sulfide) groups is 1. The monoisotopic (exact) mass is 534 g/mol. The van der Waals surface area contributed by atoms with Crippen molar-refractivity contribution in [2.45, 2.75) is 23.6 Å². The van der Waals surface area contributed by atoms with Gasteiger partial charge >= 0.3 is 5.97 Å². The Balaban J connectivity index is 1.41. The summed E-state index contributed by atoms with van der Waals surface area (Å²) in [5.41, 5.74) is 0.166. The zero-order valence-electron chi connectivity index (χ0n) is 20.5. The number of aliphatic hydroxyl groups is 1. The number of methoxy groups -OCH3 is 1. The van der Waals surface area contributed by atoms with Gasteiger partial charge in [0.25, 0.3) is 11.6 Å². The Hall–Kier alpha value is -3.86. The number of rotatable bonds is 9. The molecule has 2 N–H and O–H groups in total. The Morgan fingerprint density at radius 3 is 2.32 bits per heavy atom. The zero-order valence-corrected chi connectivity index (χ0v) is 21.4. The maximum absolute atomic E-state index is 13.7. The molecule has 196 valence electrons. The van der Waals surface area contributed by atoms with Crippen LogP contribution in [0.1, 0.15) is 23.0 Å². The van der Waals surface area contributed by atoms with Gasteiger partial charge in [-0.25, -0.2) is 4.79 Å². The molecular formula is C28H26N2O7S. The van der Waals surface area contributed by atoms with E-state index >= 15 is 0 Å². The first kappa shape index (κ1) is 25.8. The first-order chi connectivity index (χ1) is 18.5. The van der Waals surface area contributed by atoms with E-state index in [0.29, 0.717) is 11.3 Å². The second kappa shape index (κ2) is 10.9. The number of benzene rings is 2. The number of nitrogens with zero attached hydrogens (tertiary/aromatic N) is 1. The second-order valence-corrected chi connectivity index (χ2v) is 9.87. The maximum atomic E-state index is 13.7. The van der Waals surface area contributed by atoms with Gasteiger partial charge in [-0.05, 0) is 28.8 Å². The van der Waals surface area contributed by atoms with Crippen molar-refractivity contribution in [3.8, 4) is 0 Å². The molecule has 0 spiro atoms. The molecule has 2 atom stereocenters. The highest BCUT2D eigenvalue weighted by atomic mass is 32.2. The van der Waals surface area contributed by atoms with Gasteiger partial charge in [-0.2, -0.15) is 0 Å². The molecular weight excluding hydrogens is 508 g/mol. The van der Waals surface area contributed by atoms with Gasteiger partial charge in [0, 0.05) is 12.9 Å². The van der Waals surface area contributed by atoms with Crippen LogP contribution in [0.15, 0.2) is 94.7 Å². The van der Waals surface area contributed by atoms with Crippen molar-refractivity contribution in [3.05, 3.63) is 107 Å². The summed E-state index contributed by atoms with van der Waals surface area (Å²) in [5, 5.41) is 12.0. The molecule has 2 aliphatic heterocycles. The molecule has 38 heavy (non-hydrogen) atoms.